The van der Waals surface area contributed by atoms with Crippen LogP contribution in [0.4, 0.5) is 0 Å². The van der Waals surface area contributed by atoms with Gasteiger partial charge in [0.2, 0.25) is 0 Å². The Balaban J connectivity index is 2.27. The molecule has 0 spiro atoms. The lowest BCUT2D eigenvalue weighted by molar-refractivity contribution is -0.133. The summed E-state index contributed by atoms with van der Waals surface area (Å²) in [6.07, 6.45) is 3.15. The second-order valence-electron chi connectivity index (χ2n) is 3.24. The Morgan fingerprint density at radius 1 is 1.59 bits per heavy atom. The van der Waals surface area contributed by atoms with Gasteiger partial charge in [0.1, 0.15) is 6.26 Å². The van der Waals surface area contributed by atoms with Crippen molar-refractivity contribution in [2.24, 2.45) is 0 Å². The molecule has 0 aliphatic carbocycles. The van der Waals surface area contributed by atoms with Crippen LogP contribution in [0.1, 0.15) is 6.92 Å². The first-order valence-electron chi connectivity index (χ1n) is 5.02. The Bertz CT molecular complexity index is 507. The van der Waals surface area contributed by atoms with E-state index < -0.39 is 5.97 Å². The summed E-state index contributed by atoms with van der Waals surface area (Å²) >= 11 is 1.16. The number of rotatable bonds is 5. The molecule has 0 saturated carbocycles. The molecule has 2 heterocycles. The second-order valence-corrected chi connectivity index (χ2v) is 4.19. The van der Waals surface area contributed by atoms with Crippen LogP contribution in [0.3, 0.4) is 0 Å². The van der Waals surface area contributed by atoms with Crippen molar-refractivity contribution in [1.82, 2.24) is 14.8 Å². The van der Waals surface area contributed by atoms with E-state index in [-0.39, 0.29) is 5.75 Å². The first-order valence-corrected chi connectivity index (χ1v) is 6.01. The predicted molar refractivity (Wildman–Crippen MR) is 61.8 cm³/mol. The van der Waals surface area contributed by atoms with Gasteiger partial charge in [0.25, 0.3) is 0 Å². The third-order valence-electron chi connectivity index (χ3n) is 2.14. The third kappa shape index (κ3) is 2.50. The van der Waals surface area contributed by atoms with Gasteiger partial charge in [-0.05, 0) is 13.0 Å². The van der Waals surface area contributed by atoms with Crippen LogP contribution in [-0.2, 0) is 11.3 Å². The maximum atomic E-state index is 10.5. The quantitative estimate of drug-likeness (QED) is 0.817. The van der Waals surface area contributed by atoms with Gasteiger partial charge in [0.05, 0.1) is 17.6 Å². The molecule has 0 atom stereocenters. The van der Waals surface area contributed by atoms with Crippen LogP contribution >= 0.6 is 11.8 Å². The molecule has 90 valence electrons. The van der Waals surface area contributed by atoms with E-state index in [4.69, 9.17) is 9.52 Å². The molecule has 1 N–H and O–H groups in total. The number of thioether (sulfide) groups is 1. The smallest absolute Gasteiger partial charge is 0.313 e. The first kappa shape index (κ1) is 11.7. The van der Waals surface area contributed by atoms with Crippen molar-refractivity contribution in [2.75, 3.05) is 5.75 Å². The molecule has 7 heteroatoms. The molecule has 0 amide bonds. The van der Waals surface area contributed by atoms with Gasteiger partial charge in [-0.1, -0.05) is 11.8 Å². The Morgan fingerprint density at radius 2 is 2.41 bits per heavy atom. The summed E-state index contributed by atoms with van der Waals surface area (Å²) in [7, 11) is 0. The monoisotopic (exact) mass is 253 g/mol. The van der Waals surface area contributed by atoms with Gasteiger partial charge in [0.15, 0.2) is 11.0 Å². The number of carboxylic acids is 1. The molecule has 2 aromatic rings. The highest BCUT2D eigenvalue weighted by molar-refractivity contribution is 7.99. The molecular weight excluding hydrogens is 242 g/mol. The number of carbonyl (C=O) groups is 1. The largest absolute Gasteiger partial charge is 0.481 e. The molecule has 0 bridgehead atoms. The minimum absolute atomic E-state index is 0.0243. The molecule has 0 aliphatic rings. The fourth-order valence-electron chi connectivity index (χ4n) is 1.41. The number of furan rings is 1. The summed E-state index contributed by atoms with van der Waals surface area (Å²) in [6, 6.07) is 1.79. The summed E-state index contributed by atoms with van der Waals surface area (Å²) < 4.78 is 6.85. The van der Waals surface area contributed by atoms with Crippen LogP contribution < -0.4 is 0 Å². The molecule has 0 radical (unpaired) electrons. The van der Waals surface area contributed by atoms with E-state index in [0.717, 1.165) is 17.3 Å². The van der Waals surface area contributed by atoms with Gasteiger partial charge < -0.3 is 14.1 Å². The Kier molecular flexibility index (Phi) is 3.48. The van der Waals surface area contributed by atoms with Crippen molar-refractivity contribution < 1.29 is 14.3 Å². The predicted octanol–water partition coefficient (Wildman–Crippen LogP) is 1.73. The average molecular weight is 253 g/mol. The van der Waals surface area contributed by atoms with Crippen molar-refractivity contribution in [2.45, 2.75) is 18.6 Å². The van der Waals surface area contributed by atoms with Crippen molar-refractivity contribution in [3.05, 3.63) is 18.6 Å². The van der Waals surface area contributed by atoms with E-state index in [0.29, 0.717) is 17.5 Å². The zero-order chi connectivity index (χ0) is 12.3. The van der Waals surface area contributed by atoms with E-state index in [1.807, 2.05) is 11.5 Å². The molecule has 0 saturated heterocycles. The molecule has 2 aromatic heterocycles. The van der Waals surface area contributed by atoms with E-state index in [1.54, 1.807) is 18.6 Å². The number of aliphatic carboxylic acids is 1. The molecule has 0 unspecified atom stereocenters. The zero-order valence-electron chi connectivity index (χ0n) is 9.16. The van der Waals surface area contributed by atoms with Gasteiger partial charge in [-0.3, -0.25) is 4.79 Å². The third-order valence-corrected chi connectivity index (χ3v) is 3.09. The summed E-state index contributed by atoms with van der Waals surface area (Å²) in [6.45, 7) is 2.63. The van der Waals surface area contributed by atoms with Crippen molar-refractivity contribution in [3.63, 3.8) is 0 Å². The van der Waals surface area contributed by atoms with E-state index >= 15 is 0 Å². The van der Waals surface area contributed by atoms with Gasteiger partial charge in [-0.25, -0.2) is 0 Å². The number of aromatic nitrogens is 3. The minimum Gasteiger partial charge on any atom is -0.481 e. The normalized spacial score (nSPS) is 10.6. The average Bonchev–Trinajstić information content (AvgIpc) is 2.94. The number of carboxylic acid groups (broad SMARTS) is 1. The zero-order valence-corrected chi connectivity index (χ0v) is 9.98. The van der Waals surface area contributed by atoms with E-state index in [1.165, 1.54) is 0 Å². The number of nitrogens with zero attached hydrogens (tertiary/aromatic N) is 3. The first-order chi connectivity index (χ1) is 8.22. The molecule has 0 aromatic carbocycles. The summed E-state index contributed by atoms with van der Waals surface area (Å²) in [5.41, 5.74) is 0.835. The van der Waals surface area contributed by atoms with Crippen molar-refractivity contribution in [3.8, 4) is 11.4 Å². The lowest BCUT2D eigenvalue weighted by atomic mass is 10.3. The minimum atomic E-state index is -0.870. The SMILES string of the molecule is CCn1c(SCC(=O)O)nnc1-c1ccoc1. The molecule has 6 nitrogen and oxygen atoms in total. The van der Waals surface area contributed by atoms with Gasteiger partial charge >= 0.3 is 5.97 Å². The Hall–Kier alpha value is -1.76. The van der Waals surface area contributed by atoms with Crippen molar-refractivity contribution in [1.29, 1.82) is 0 Å². The number of hydrogen-bond acceptors (Lipinski definition) is 5. The standard InChI is InChI=1S/C10H11N3O3S/c1-2-13-9(7-3-4-16-5-7)11-12-10(13)17-6-8(14)15/h3-5H,2,6H2,1H3,(H,14,15). The molecular formula is C10H11N3O3S. The lowest BCUT2D eigenvalue weighted by Gasteiger charge is -2.04. The molecule has 17 heavy (non-hydrogen) atoms. The van der Waals surface area contributed by atoms with Crippen molar-refractivity contribution >= 4 is 17.7 Å². The van der Waals surface area contributed by atoms with Crippen LogP contribution in [0.15, 0.2) is 28.2 Å². The molecule has 0 aliphatic heterocycles. The summed E-state index contributed by atoms with van der Waals surface area (Å²) in [4.78, 5) is 10.5. The van der Waals surface area contributed by atoms with E-state index in [9.17, 15) is 4.79 Å². The van der Waals surface area contributed by atoms with Crippen LogP contribution in [0, 0.1) is 0 Å². The molecule has 2 rings (SSSR count). The molecule has 0 fully saturated rings. The van der Waals surface area contributed by atoms with Crippen LogP contribution in [0.5, 0.6) is 0 Å². The second kappa shape index (κ2) is 5.05. The van der Waals surface area contributed by atoms with Gasteiger partial charge in [0, 0.05) is 6.54 Å². The lowest BCUT2D eigenvalue weighted by Crippen LogP contribution is -2.03. The highest BCUT2D eigenvalue weighted by Crippen LogP contribution is 2.23. The summed E-state index contributed by atoms with van der Waals surface area (Å²) in [5, 5.41) is 17.3. The Labute approximate surface area is 102 Å². The highest BCUT2D eigenvalue weighted by atomic mass is 32.2. The Morgan fingerprint density at radius 3 is 3.00 bits per heavy atom. The fraction of sp³-hybridized carbons (Fsp3) is 0.300. The maximum Gasteiger partial charge on any atom is 0.313 e. The maximum absolute atomic E-state index is 10.5. The number of hydrogen-bond donors (Lipinski definition) is 1. The van der Waals surface area contributed by atoms with Gasteiger partial charge in [-0.2, -0.15) is 0 Å². The van der Waals surface area contributed by atoms with Crippen LogP contribution in [0.2, 0.25) is 0 Å². The van der Waals surface area contributed by atoms with Crippen LogP contribution in [0.25, 0.3) is 11.4 Å². The highest BCUT2D eigenvalue weighted by Gasteiger charge is 2.14. The van der Waals surface area contributed by atoms with E-state index in [2.05, 4.69) is 10.2 Å². The topological polar surface area (TPSA) is 81.2 Å². The fourth-order valence-corrected chi connectivity index (χ4v) is 2.13. The van der Waals surface area contributed by atoms with Crippen LogP contribution in [-0.4, -0.2) is 31.6 Å². The summed E-state index contributed by atoms with van der Waals surface area (Å²) in [5.74, 6) is -0.205. The van der Waals surface area contributed by atoms with Gasteiger partial charge in [-0.15, -0.1) is 10.2 Å².